The summed E-state index contributed by atoms with van der Waals surface area (Å²) in [4.78, 5) is 40.5. The number of carbonyl (C=O) groups is 2. The summed E-state index contributed by atoms with van der Waals surface area (Å²) in [6, 6.07) is 1.71. The van der Waals surface area contributed by atoms with Crippen LogP contribution in [0.15, 0.2) is 10.5 Å². The van der Waals surface area contributed by atoms with E-state index >= 15 is 4.39 Å². The lowest BCUT2D eigenvalue weighted by Crippen LogP contribution is -2.57. The van der Waals surface area contributed by atoms with Gasteiger partial charge in [-0.1, -0.05) is 11.6 Å². The molecule has 0 N–H and O–H groups in total. The van der Waals surface area contributed by atoms with Crippen molar-refractivity contribution in [3.8, 4) is 6.01 Å². The summed E-state index contributed by atoms with van der Waals surface area (Å²) in [6.07, 6.45) is 5.21. The van der Waals surface area contributed by atoms with Crippen LogP contribution < -0.4 is 9.64 Å². The third-order valence-corrected chi connectivity index (χ3v) is 10.8. The lowest BCUT2D eigenvalue weighted by atomic mass is 10.0. The number of ether oxygens (including phenoxy) is 4. The van der Waals surface area contributed by atoms with Crippen LogP contribution >= 0.6 is 27.5 Å². The number of halogens is 3. The predicted molar refractivity (Wildman–Crippen MR) is 179 cm³/mol. The number of likely N-dealkylation sites (tertiary alicyclic amines) is 1. The maximum atomic E-state index is 15.6. The number of amides is 1. The van der Waals surface area contributed by atoms with Crippen LogP contribution in [0.4, 0.5) is 15.0 Å². The number of hydrogen-bond donors (Lipinski definition) is 0. The molecule has 3 aliphatic heterocycles. The third kappa shape index (κ3) is 7.89. The van der Waals surface area contributed by atoms with Crippen molar-refractivity contribution < 1.29 is 32.9 Å². The van der Waals surface area contributed by atoms with Gasteiger partial charge in [0.1, 0.15) is 23.5 Å². The Morgan fingerprint density at radius 2 is 1.79 bits per heavy atom. The van der Waals surface area contributed by atoms with E-state index in [0.717, 1.165) is 58.2 Å². The number of carbonyl (C=O) groups excluding carboxylic acids is 2. The Bertz CT molecular complexity index is 1480. The fourth-order valence-corrected chi connectivity index (χ4v) is 7.46. The van der Waals surface area contributed by atoms with Gasteiger partial charge in [-0.15, -0.1) is 0 Å². The zero-order chi connectivity index (χ0) is 33.5. The molecule has 1 aromatic heterocycles. The highest BCUT2D eigenvalue weighted by Gasteiger charge is 2.47. The monoisotopic (exact) mass is 739 g/mol. The van der Waals surface area contributed by atoms with Gasteiger partial charge in [-0.25, -0.2) is 14.0 Å². The normalized spacial score (nSPS) is 22.9. The molecule has 258 valence electrons. The van der Waals surface area contributed by atoms with E-state index in [-0.39, 0.29) is 63.3 Å². The SMILES string of the molecule is CCOC(=O)COC1CCN(CC2(COc3nc(N4CC5CCC(C4)N5C(=O)OC(C)(C)C)c4cc(Cl)c(Br)c(F)c4n3)CC2)CC1. The number of piperidine rings is 1. The number of aromatic nitrogens is 2. The zero-order valence-corrected chi connectivity index (χ0v) is 29.9. The topological polar surface area (TPSA) is 107 Å². The summed E-state index contributed by atoms with van der Waals surface area (Å²) in [5, 5.41) is 0.734. The average Bonchev–Trinajstić information content (AvgIpc) is 3.73. The van der Waals surface area contributed by atoms with E-state index < -0.39 is 11.4 Å². The molecule has 1 aliphatic carbocycles. The van der Waals surface area contributed by atoms with E-state index in [0.29, 0.717) is 37.5 Å². The predicted octanol–water partition coefficient (Wildman–Crippen LogP) is 5.98. The molecule has 2 atom stereocenters. The molecule has 3 saturated heterocycles. The van der Waals surface area contributed by atoms with Crippen LogP contribution in [0.2, 0.25) is 5.02 Å². The van der Waals surface area contributed by atoms with Crippen LogP contribution in [0.3, 0.4) is 0 Å². The minimum Gasteiger partial charge on any atom is -0.464 e. The van der Waals surface area contributed by atoms with Gasteiger partial charge in [0.2, 0.25) is 0 Å². The molecular weight excluding hydrogens is 697 g/mol. The van der Waals surface area contributed by atoms with E-state index in [2.05, 4.69) is 30.7 Å². The second-order valence-electron chi connectivity index (χ2n) is 14.3. The van der Waals surface area contributed by atoms with Gasteiger partial charge in [0.15, 0.2) is 5.82 Å². The molecule has 11 nitrogen and oxygen atoms in total. The smallest absolute Gasteiger partial charge is 0.410 e. The van der Waals surface area contributed by atoms with Crippen LogP contribution in [0.5, 0.6) is 6.01 Å². The summed E-state index contributed by atoms with van der Waals surface area (Å²) in [5.74, 6) is -0.340. The molecule has 4 fully saturated rings. The van der Waals surface area contributed by atoms with Crippen LogP contribution in [0.1, 0.15) is 66.2 Å². The van der Waals surface area contributed by atoms with Crippen molar-refractivity contribution in [2.24, 2.45) is 5.41 Å². The molecule has 1 aromatic carbocycles. The first-order valence-electron chi connectivity index (χ1n) is 16.6. The van der Waals surface area contributed by atoms with Crippen molar-refractivity contribution in [3.05, 3.63) is 21.4 Å². The highest BCUT2D eigenvalue weighted by Crippen LogP contribution is 2.47. The largest absolute Gasteiger partial charge is 0.464 e. The van der Waals surface area contributed by atoms with Gasteiger partial charge in [0.05, 0.1) is 40.9 Å². The Hall–Kier alpha value is -2.48. The molecule has 14 heteroatoms. The molecule has 4 heterocycles. The van der Waals surface area contributed by atoms with Crippen molar-refractivity contribution in [1.82, 2.24) is 19.8 Å². The quantitative estimate of drug-likeness (QED) is 0.214. The number of piperazine rings is 1. The van der Waals surface area contributed by atoms with Gasteiger partial charge < -0.3 is 28.7 Å². The Kier molecular flexibility index (Phi) is 10.1. The fraction of sp³-hybridized carbons (Fsp3) is 0.697. The van der Waals surface area contributed by atoms with Crippen LogP contribution in [-0.2, 0) is 19.0 Å². The number of fused-ring (bicyclic) bond motifs is 3. The first-order valence-corrected chi connectivity index (χ1v) is 17.8. The number of rotatable bonds is 10. The first-order chi connectivity index (χ1) is 22.3. The van der Waals surface area contributed by atoms with Gasteiger partial charge in [-0.05, 0) is 88.2 Å². The Morgan fingerprint density at radius 1 is 1.11 bits per heavy atom. The van der Waals surface area contributed by atoms with E-state index in [4.69, 9.17) is 35.5 Å². The number of anilines is 1. The number of esters is 1. The molecule has 1 saturated carbocycles. The van der Waals surface area contributed by atoms with Gasteiger partial charge in [-0.3, -0.25) is 4.90 Å². The highest BCUT2D eigenvalue weighted by atomic mass is 79.9. The van der Waals surface area contributed by atoms with Crippen molar-refractivity contribution in [3.63, 3.8) is 0 Å². The Balaban J connectivity index is 1.14. The van der Waals surface area contributed by atoms with E-state index in [1.807, 2.05) is 25.7 Å². The maximum absolute atomic E-state index is 15.6. The maximum Gasteiger partial charge on any atom is 0.410 e. The van der Waals surface area contributed by atoms with Gasteiger partial charge in [0, 0.05) is 43.5 Å². The van der Waals surface area contributed by atoms with Crippen molar-refractivity contribution in [2.75, 3.05) is 57.4 Å². The van der Waals surface area contributed by atoms with Crippen LogP contribution in [-0.4, -0.2) is 108 Å². The minimum atomic E-state index is -0.584. The van der Waals surface area contributed by atoms with E-state index in [1.165, 1.54) is 0 Å². The Morgan fingerprint density at radius 3 is 2.40 bits per heavy atom. The molecule has 2 bridgehead atoms. The molecule has 47 heavy (non-hydrogen) atoms. The van der Waals surface area contributed by atoms with Crippen LogP contribution in [0, 0.1) is 11.2 Å². The Labute approximate surface area is 288 Å². The lowest BCUT2D eigenvalue weighted by Gasteiger charge is -2.42. The minimum absolute atomic E-state index is 0.00581. The van der Waals surface area contributed by atoms with Crippen molar-refractivity contribution >= 4 is 56.3 Å². The summed E-state index contributed by atoms with van der Waals surface area (Å²) >= 11 is 9.69. The van der Waals surface area contributed by atoms with E-state index in [9.17, 15) is 9.59 Å². The van der Waals surface area contributed by atoms with Crippen molar-refractivity contribution in [2.45, 2.75) is 90.0 Å². The number of nitrogens with zero attached hydrogens (tertiary/aromatic N) is 5. The highest BCUT2D eigenvalue weighted by molar-refractivity contribution is 9.10. The molecule has 2 unspecified atom stereocenters. The molecule has 0 radical (unpaired) electrons. The number of hydrogen-bond acceptors (Lipinski definition) is 10. The molecule has 6 rings (SSSR count). The summed E-state index contributed by atoms with van der Waals surface area (Å²) in [6.45, 7) is 11.8. The van der Waals surface area contributed by atoms with Gasteiger partial charge >= 0.3 is 18.1 Å². The lowest BCUT2D eigenvalue weighted by molar-refractivity contribution is -0.151. The zero-order valence-electron chi connectivity index (χ0n) is 27.5. The number of benzene rings is 1. The fourth-order valence-electron chi connectivity index (χ4n) is 6.97. The first kappa shape index (κ1) is 34.4. The summed E-state index contributed by atoms with van der Waals surface area (Å²) in [7, 11) is 0. The second kappa shape index (κ2) is 13.8. The molecule has 2 aromatic rings. The summed E-state index contributed by atoms with van der Waals surface area (Å²) in [5.41, 5.74) is -0.466. The van der Waals surface area contributed by atoms with Crippen molar-refractivity contribution in [1.29, 1.82) is 0 Å². The second-order valence-corrected chi connectivity index (χ2v) is 15.5. The molecular formula is C33H44BrClFN5O6. The van der Waals surface area contributed by atoms with E-state index in [1.54, 1.807) is 13.0 Å². The molecule has 1 amide bonds. The summed E-state index contributed by atoms with van der Waals surface area (Å²) < 4.78 is 38.5. The average molecular weight is 741 g/mol. The van der Waals surface area contributed by atoms with Gasteiger partial charge in [-0.2, -0.15) is 9.97 Å². The molecule has 0 spiro atoms. The van der Waals surface area contributed by atoms with Gasteiger partial charge in [0.25, 0.3) is 0 Å². The standard InChI is InChI=1S/C33H44BrClFN5O6/c1-5-44-25(42)17-45-22-8-12-39(13-9-22)18-33(10-11-33)19-46-30-37-28-23(14-24(35)26(34)27(28)36)29(38-30)40-15-20-6-7-21(16-40)41(20)31(43)47-32(2,3)4/h14,20-22H,5-13,15-19H2,1-4H3. The molecule has 4 aliphatic rings. The third-order valence-electron chi connectivity index (χ3n) is 9.47. The van der Waals surface area contributed by atoms with Crippen LogP contribution in [0.25, 0.3) is 10.9 Å².